The highest BCUT2D eigenvalue weighted by Gasteiger charge is 2.21. The second-order valence-corrected chi connectivity index (χ2v) is 18.7. The van der Waals surface area contributed by atoms with E-state index in [1.165, 1.54) is 64.7 Å². The van der Waals surface area contributed by atoms with Gasteiger partial charge in [-0.3, -0.25) is 38.4 Å². The Morgan fingerprint density at radius 2 is 0.667 bits per heavy atom. The molecule has 0 aromatic rings. The molecule has 0 aliphatic rings. The molecule has 0 saturated heterocycles. The summed E-state index contributed by atoms with van der Waals surface area (Å²) in [6, 6.07) is -1.86. The first kappa shape index (κ1) is 73.5. The average molecular weight is 1140 g/mol. The molecule has 0 spiro atoms. The third-order valence-corrected chi connectivity index (χ3v) is 11.7. The Hall–Kier alpha value is -4.54. The monoisotopic (exact) mass is 1140 g/mol. The number of thiol groups is 1. The third kappa shape index (κ3) is 53.5. The van der Waals surface area contributed by atoms with Crippen molar-refractivity contribution in [3.8, 4) is 0 Å². The summed E-state index contributed by atoms with van der Waals surface area (Å²) in [5.74, 6) is -4.05. The fourth-order valence-corrected chi connectivity index (χ4v) is 7.08. The summed E-state index contributed by atoms with van der Waals surface area (Å²) in [4.78, 5) is 105. The van der Waals surface area contributed by atoms with E-state index in [4.69, 9.17) is 43.0 Å². The lowest BCUT2D eigenvalue weighted by atomic mass is 10.0. The molecule has 26 heteroatoms. The maximum atomic E-state index is 12.4. The molecule has 0 aliphatic carbocycles. The van der Waals surface area contributed by atoms with Crippen LogP contribution < -0.4 is 31.9 Å². The summed E-state index contributed by atoms with van der Waals surface area (Å²) in [6.45, 7) is 4.07. The highest BCUT2D eigenvalue weighted by Crippen LogP contribution is 2.14. The van der Waals surface area contributed by atoms with Gasteiger partial charge in [0.05, 0.1) is 85.3 Å². The molecule has 8 N–H and O–H groups in total. The van der Waals surface area contributed by atoms with E-state index in [0.29, 0.717) is 6.42 Å². The Kier molecular flexibility index (Phi) is 51.3. The van der Waals surface area contributed by atoms with Gasteiger partial charge >= 0.3 is 11.9 Å². The SMILES string of the molecule is C[C@H](NC(=O)COCCOCCNC(=O)COCCOCCNC(=O)COCCOCCNC(=O)COCCOCCNC(=O)CC[C@H](NC(=O)CCCCCCCCCCCCCCCCCCC(=O)O)C(=O)O)C(=O)S. The van der Waals surface area contributed by atoms with Crippen LogP contribution in [0.25, 0.3) is 0 Å². The Labute approximate surface area is 466 Å². The Morgan fingerprint density at radius 3 is 1.00 bits per heavy atom. The molecule has 0 unspecified atom stereocenters. The molecule has 0 aromatic heterocycles. The van der Waals surface area contributed by atoms with Gasteiger partial charge in [-0.1, -0.05) is 89.9 Å². The van der Waals surface area contributed by atoms with Crippen molar-refractivity contribution in [2.45, 2.75) is 147 Å². The number of carbonyl (C=O) groups excluding carboxylic acids is 7. The van der Waals surface area contributed by atoms with Crippen molar-refractivity contribution < 1.29 is 91.3 Å². The molecule has 25 nitrogen and oxygen atoms in total. The quantitative estimate of drug-likeness (QED) is 0.0311. The van der Waals surface area contributed by atoms with Crippen molar-refractivity contribution in [2.24, 2.45) is 0 Å². The lowest BCUT2D eigenvalue weighted by molar-refractivity contribution is -0.142. The van der Waals surface area contributed by atoms with Crippen molar-refractivity contribution >= 4 is 65.1 Å². The number of rotatable bonds is 58. The van der Waals surface area contributed by atoms with Crippen LogP contribution in [0.2, 0.25) is 0 Å². The van der Waals surface area contributed by atoms with E-state index < -0.39 is 35.0 Å². The fourth-order valence-electron chi connectivity index (χ4n) is 7.01. The minimum atomic E-state index is -1.19. The van der Waals surface area contributed by atoms with Crippen molar-refractivity contribution in [1.82, 2.24) is 31.9 Å². The zero-order chi connectivity index (χ0) is 57.5. The van der Waals surface area contributed by atoms with Crippen LogP contribution in [-0.2, 0) is 81.0 Å². The first-order valence-electron chi connectivity index (χ1n) is 27.7. The molecule has 0 aromatic carbocycles. The molecule has 0 rings (SSSR count). The molecule has 0 bridgehead atoms. The molecular weight excluding hydrogens is 1040 g/mol. The number of carboxylic acid groups (broad SMARTS) is 2. The fraction of sp³-hybridized carbons (Fsp3) is 0.827. The van der Waals surface area contributed by atoms with Gasteiger partial charge in [0.1, 0.15) is 32.5 Å². The largest absolute Gasteiger partial charge is 0.481 e. The van der Waals surface area contributed by atoms with E-state index in [1.807, 2.05) is 0 Å². The topological polar surface area (TPSA) is 340 Å². The number of nitrogens with one attached hydrogen (secondary N) is 6. The zero-order valence-corrected chi connectivity index (χ0v) is 47.1. The number of hydrogen-bond donors (Lipinski definition) is 9. The maximum absolute atomic E-state index is 12.4. The first-order valence-corrected chi connectivity index (χ1v) is 28.1. The zero-order valence-electron chi connectivity index (χ0n) is 46.2. The molecule has 2 atom stereocenters. The van der Waals surface area contributed by atoms with Gasteiger partial charge in [0, 0.05) is 45.4 Å². The van der Waals surface area contributed by atoms with Crippen LogP contribution in [0.4, 0.5) is 0 Å². The smallest absolute Gasteiger partial charge is 0.326 e. The van der Waals surface area contributed by atoms with E-state index in [-0.39, 0.29) is 187 Å². The summed E-state index contributed by atoms with van der Waals surface area (Å²) in [7, 11) is 0. The van der Waals surface area contributed by atoms with Crippen molar-refractivity contribution in [3.63, 3.8) is 0 Å². The van der Waals surface area contributed by atoms with Gasteiger partial charge in [-0.15, -0.1) is 12.6 Å². The Morgan fingerprint density at radius 1 is 0.359 bits per heavy atom. The molecule has 0 aliphatic heterocycles. The van der Waals surface area contributed by atoms with Crippen LogP contribution in [0.1, 0.15) is 135 Å². The minimum absolute atomic E-state index is 0.0377. The van der Waals surface area contributed by atoms with E-state index in [1.54, 1.807) is 0 Å². The lowest BCUT2D eigenvalue weighted by Crippen LogP contribution is -2.41. The lowest BCUT2D eigenvalue weighted by Gasteiger charge is -2.14. The van der Waals surface area contributed by atoms with Gasteiger partial charge in [-0.25, -0.2) is 4.79 Å². The normalized spacial score (nSPS) is 11.8. The minimum Gasteiger partial charge on any atom is -0.481 e. The molecule has 452 valence electrons. The van der Waals surface area contributed by atoms with Crippen LogP contribution in [0.15, 0.2) is 0 Å². The molecule has 0 heterocycles. The van der Waals surface area contributed by atoms with Gasteiger partial charge in [-0.05, 0) is 26.2 Å². The number of aliphatic carboxylic acids is 2. The number of hydrogen-bond acceptors (Lipinski definition) is 17. The van der Waals surface area contributed by atoms with Crippen molar-refractivity contribution in [3.05, 3.63) is 0 Å². The molecule has 0 radical (unpaired) electrons. The predicted octanol–water partition coefficient (Wildman–Crippen LogP) is 2.00. The number of carbonyl (C=O) groups is 9. The van der Waals surface area contributed by atoms with Crippen LogP contribution in [-0.4, -0.2) is 207 Å². The van der Waals surface area contributed by atoms with Crippen LogP contribution in [0.5, 0.6) is 0 Å². The predicted molar refractivity (Wildman–Crippen MR) is 290 cm³/mol. The van der Waals surface area contributed by atoms with Crippen molar-refractivity contribution in [2.75, 3.05) is 132 Å². The summed E-state index contributed by atoms with van der Waals surface area (Å²) < 4.78 is 42.4. The Bertz CT molecular complexity index is 1620. The summed E-state index contributed by atoms with van der Waals surface area (Å²) in [5.41, 5.74) is 0. The molecular formula is C52H94N6O19S. The number of ether oxygens (including phenoxy) is 8. The third-order valence-electron chi connectivity index (χ3n) is 11.3. The molecule has 6 amide bonds. The van der Waals surface area contributed by atoms with Crippen LogP contribution >= 0.6 is 12.6 Å². The van der Waals surface area contributed by atoms with E-state index >= 15 is 0 Å². The van der Waals surface area contributed by atoms with Crippen LogP contribution in [0.3, 0.4) is 0 Å². The molecule has 0 fully saturated rings. The number of amides is 6. The van der Waals surface area contributed by atoms with Gasteiger partial charge < -0.3 is 80.0 Å². The molecule has 0 saturated carbocycles. The standard InChI is InChI=1S/C52H94N6O19S/c1-42(52(69)78)57-49(64)41-77-37-33-73-29-25-56-48(63)40-76-36-32-72-28-24-55-47(62)39-75-35-31-71-27-23-54-46(61)38-74-34-30-70-26-22-53-44(59)21-20-43(51(67)68)58-45(60)18-16-14-12-10-8-6-4-2-3-5-7-9-11-13-15-17-19-50(65)66/h42-43H,2-41H2,1H3,(H,53,59)(H,54,61)(H,55,62)(H,56,63)(H,57,64)(H,58,60)(H,65,66)(H,67,68)(H,69,78)/t42-,43-/m0/s1. The maximum Gasteiger partial charge on any atom is 0.326 e. The number of carboxylic acids is 2. The summed E-state index contributed by atoms with van der Waals surface area (Å²) >= 11 is 3.64. The second kappa shape index (κ2) is 54.4. The van der Waals surface area contributed by atoms with Gasteiger partial charge in [-0.2, -0.15) is 0 Å². The highest BCUT2D eigenvalue weighted by molar-refractivity contribution is 7.96. The average Bonchev–Trinajstić information content (AvgIpc) is 3.39. The van der Waals surface area contributed by atoms with Gasteiger partial charge in [0.15, 0.2) is 0 Å². The number of unbranched alkanes of at least 4 members (excludes halogenated alkanes) is 15. The Balaban J connectivity index is 3.59. The van der Waals surface area contributed by atoms with Gasteiger partial charge in [0.25, 0.3) is 0 Å². The van der Waals surface area contributed by atoms with Gasteiger partial charge in [0.2, 0.25) is 40.6 Å². The highest BCUT2D eigenvalue weighted by atomic mass is 32.1. The first-order chi connectivity index (χ1) is 37.7. The summed E-state index contributed by atoms with van der Waals surface area (Å²) in [6.07, 6.45) is 18.1. The second-order valence-electron chi connectivity index (χ2n) is 18.2. The van der Waals surface area contributed by atoms with Crippen LogP contribution in [0, 0.1) is 0 Å². The van der Waals surface area contributed by atoms with Crippen molar-refractivity contribution in [1.29, 1.82) is 0 Å². The van der Waals surface area contributed by atoms with E-state index in [9.17, 15) is 48.3 Å². The molecule has 78 heavy (non-hydrogen) atoms. The van der Waals surface area contributed by atoms with E-state index in [2.05, 4.69) is 44.5 Å². The van der Waals surface area contributed by atoms with E-state index in [0.717, 1.165) is 38.5 Å². The summed E-state index contributed by atoms with van der Waals surface area (Å²) in [5, 5.41) is 33.3.